The van der Waals surface area contributed by atoms with Crippen LogP contribution < -0.4 is 10.6 Å². The molecule has 0 bridgehead atoms. The predicted octanol–water partition coefficient (Wildman–Crippen LogP) is 0.890. The molecule has 0 spiro atoms. The number of carboxylic acid groups (broad SMARTS) is 1. The Morgan fingerprint density at radius 1 is 1.41 bits per heavy atom. The molecule has 0 saturated carbocycles. The number of carbonyl (C=O) groups excluding carboxylic acids is 1. The molecule has 1 unspecified atom stereocenters. The summed E-state index contributed by atoms with van der Waals surface area (Å²) in [6, 6.07) is 0. The summed E-state index contributed by atoms with van der Waals surface area (Å²) in [5.74, 6) is -0.716. The maximum Gasteiger partial charge on any atom is 0.303 e. The van der Waals surface area contributed by atoms with Crippen LogP contribution in [0.1, 0.15) is 45.4 Å². The second kappa shape index (κ2) is 6.59. The minimum Gasteiger partial charge on any atom is -0.481 e. The van der Waals surface area contributed by atoms with Gasteiger partial charge in [-0.3, -0.25) is 9.59 Å². The van der Waals surface area contributed by atoms with Crippen molar-refractivity contribution in [1.82, 2.24) is 10.6 Å². The number of carboxylic acids is 1. The standard InChI is InChI=1S/C12H22N2O3/c1-2-12(7-5-9-14-12)11(17)13-8-4-3-6-10(15)16/h14H,2-9H2,1H3,(H,13,17)(H,15,16). The number of hydrogen-bond donors (Lipinski definition) is 3. The van der Waals surface area contributed by atoms with E-state index in [1.165, 1.54) is 0 Å². The van der Waals surface area contributed by atoms with Gasteiger partial charge in [-0.2, -0.15) is 0 Å². The first-order chi connectivity index (χ1) is 8.10. The lowest BCUT2D eigenvalue weighted by Gasteiger charge is -2.26. The molecule has 1 amide bonds. The summed E-state index contributed by atoms with van der Waals surface area (Å²) in [4.78, 5) is 22.3. The number of unbranched alkanes of at least 4 members (excludes halogenated alkanes) is 1. The second-order valence-corrected chi connectivity index (χ2v) is 4.57. The molecule has 1 aliphatic heterocycles. The van der Waals surface area contributed by atoms with E-state index >= 15 is 0 Å². The molecule has 1 rings (SSSR count). The Kier molecular flexibility index (Phi) is 5.41. The molecule has 1 heterocycles. The highest BCUT2D eigenvalue weighted by Gasteiger charge is 2.38. The SMILES string of the molecule is CCC1(C(=O)NCCCCC(=O)O)CCCN1. The van der Waals surface area contributed by atoms with Crippen molar-refractivity contribution in [3.63, 3.8) is 0 Å². The van der Waals surface area contributed by atoms with Gasteiger partial charge in [0.05, 0.1) is 5.54 Å². The van der Waals surface area contributed by atoms with Crippen LogP contribution in [0.3, 0.4) is 0 Å². The number of rotatable bonds is 7. The van der Waals surface area contributed by atoms with Gasteiger partial charge in [0.25, 0.3) is 0 Å². The molecular formula is C12H22N2O3. The Hall–Kier alpha value is -1.10. The van der Waals surface area contributed by atoms with E-state index in [0.717, 1.165) is 32.2 Å². The molecule has 0 aromatic heterocycles. The predicted molar refractivity (Wildman–Crippen MR) is 64.8 cm³/mol. The molecular weight excluding hydrogens is 220 g/mol. The Labute approximate surface area is 102 Å². The quantitative estimate of drug-likeness (QED) is 0.579. The molecule has 0 aromatic carbocycles. The summed E-state index contributed by atoms with van der Waals surface area (Å²) in [6.07, 6.45) is 4.24. The van der Waals surface area contributed by atoms with Crippen LogP contribution >= 0.6 is 0 Å². The summed E-state index contributed by atoms with van der Waals surface area (Å²) in [6.45, 7) is 3.48. The average Bonchev–Trinajstić information content (AvgIpc) is 2.77. The van der Waals surface area contributed by atoms with Crippen molar-refractivity contribution in [1.29, 1.82) is 0 Å². The van der Waals surface area contributed by atoms with E-state index in [-0.39, 0.29) is 17.9 Å². The van der Waals surface area contributed by atoms with Crippen molar-refractivity contribution in [2.45, 2.75) is 51.0 Å². The van der Waals surface area contributed by atoms with Crippen molar-refractivity contribution in [2.24, 2.45) is 0 Å². The van der Waals surface area contributed by atoms with Gasteiger partial charge in [0, 0.05) is 13.0 Å². The summed E-state index contributed by atoms with van der Waals surface area (Å²) in [5, 5.41) is 14.6. The van der Waals surface area contributed by atoms with Gasteiger partial charge >= 0.3 is 5.97 Å². The lowest BCUT2D eigenvalue weighted by Crippen LogP contribution is -2.53. The Balaban J connectivity index is 2.22. The fourth-order valence-electron chi connectivity index (χ4n) is 2.23. The molecule has 1 fully saturated rings. The first-order valence-corrected chi connectivity index (χ1v) is 6.36. The Bertz CT molecular complexity index is 273. The summed E-state index contributed by atoms with van der Waals surface area (Å²) in [5.41, 5.74) is -0.382. The molecule has 98 valence electrons. The molecule has 0 radical (unpaired) electrons. The van der Waals surface area contributed by atoms with E-state index in [2.05, 4.69) is 10.6 Å². The van der Waals surface area contributed by atoms with E-state index in [1.54, 1.807) is 0 Å². The largest absolute Gasteiger partial charge is 0.481 e. The van der Waals surface area contributed by atoms with Crippen LogP contribution in [0.4, 0.5) is 0 Å². The maximum absolute atomic E-state index is 12.0. The van der Waals surface area contributed by atoms with Crippen LogP contribution in [0.15, 0.2) is 0 Å². The van der Waals surface area contributed by atoms with Gasteiger partial charge in [-0.15, -0.1) is 0 Å². The highest BCUT2D eigenvalue weighted by Crippen LogP contribution is 2.22. The first kappa shape index (κ1) is 14.0. The summed E-state index contributed by atoms with van der Waals surface area (Å²) in [7, 11) is 0. The Morgan fingerprint density at radius 2 is 2.18 bits per heavy atom. The minimum absolute atomic E-state index is 0.0628. The molecule has 5 heteroatoms. The minimum atomic E-state index is -0.779. The van der Waals surface area contributed by atoms with Crippen molar-refractivity contribution < 1.29 is 14.7 Å². The fourth-order valence-corrected chi connectivity index (χ4v) is 2.23. The smallest absolute Gasteiger partial charge is 0.303 e. The van der Waals surface area contributed by atoms with Gasteiger partial charge < -0.3 is 15.7 Å². The number of aliphatic carboxylic acids is 1. The van der Waals surface area contributed by atoms with Gasteiger partial charge in [0.15, 0.2) is 0 Å². The molecule has 17 heavy (non-hydrogen) atoms. The van der Waals surface area contributed by atoms with E-state index in [9.17, 15) is 9.59 Å². The third kappa shape index (κ3) is 4.00. The normalized spacial score (nSPS) is 23.6. The molecule has 5 nitrogen and oxygen atoms in total. The maximum atomic E-state index is 12.0. The molecule has 3 N–H and O–H groups in total. The molecule has 0 aromatic rings. The second-order valence-electron chi connectivity index (χ2n) is 4.57. The van der Waals surface area contributed by atoms with Crippen LogP contribution in [-0.2, 0) is 9.59 Å². The molecule has 1 aliphatic rings. The van der Waals surface area contributed by atoms with Crippen molar-refractivity contribution in [3.05, 3.63) is 0 Å². The third-order valence-corrected chi connectivity index (χ3v) is 3.38. The van der Waals surface area contributed by atoms with E-state index < -0.39 is 5.97 Å². The zero-order valence-corrected chi connectivity index (χ0v) is 10.4. The number of nitrogens with one attached hydrogen (secondary N) is 2. The van der Waals surface area contributed by atoms with Crippen LogP contribution in [0.2, 0.25) is 0 Å². The zero-order valence-electron chi connectivity index (χ0n) is 10.4. The van der Waals surface area contributed by atoms with E-state index in [0.29, 0.717) is 13.0 Å². The molecule has 0 aliphatic carbocycles. The van der Waals surface area contributed by atoms with Gasteiger partial charge in [-0.25, -0.2) is 0 Å². The lowest BCUT2D eigenvalue weighted by molar-refractivity contribution is -0.137. The van der Waals surface area contributed by atoms with Gasteiger partial charge in [-0.05, 0) is 38.6 Å². The van der Waals surface area contributed by atoms with Crippen LogP contribution in [0.5, 0.6) is 0 Å². The summed E-state index contributed by atoms with van der Waals surface area (Å²) >= 11 is 0. The highest BCUT2D eigenvalue weighted by molar-refractivity contribution is 5.86. The van der Waals surface area contributed by atoms with Crippen molar-refractivity contribution in [2.75, 3.05) is 13.1 Å². The van der Waals surface area contributed by atoms with E-state index in [4.69, 9.17) is 5.11 Å². The lowest BCUT2D eigenvalue weighted by atomic mass is 9.93. The zero-order chi connectivity index (χ0) is 12.7. The monoisotopic (exact) mass is 242 g/mol. The molecule has 1 saturated heterocycles. The molecule has 1 atom stereocenters. The highest BCUT2D eigenvalue weighted by atomic mass is 16.4. The Morgan fingerprint density at radius 3 is 2.71 bits per heavy atom. The fraction of sp³-hybridized carbons (Fsp3) is 0.833. The van der Waals surface area contributed by atoms with Crippen molar-refractivity contribution >= 4 is 11.9 Å². The third-order valence-electron chi connectivity index (χ3n) is 3.38. The van der Waals surface area contributed by atoms with Crippen LogP contribution in [0, 0.1) is 0 Å². The van der Waals surface area contributed by atoms with Crippen molar-refractivity contribution in [3.8, 4) is 0 Å². The van der Waals surface area contributed by atoms with Gasteiger partial charge in [0.1, 0.15) is 0 Å². The first-order valence-electron chi connectivity index (χ1n) is 6.36. The van der Waals surface area contributed by atoms with E-state index in [1.807, 2.05) is 6.92 Å². The summed E-state index contributed by atoms with van der Waals surface area (Å²) < 4.78 is 0. The number of carbonyl (C=O) groups is 2. The number of hydrogen-bond acceptors (Lipinski definition) is 3. The average molecular weight is 242 g/mol. The van der Waals surface area contributed by atoms with Crippen LogP contribution in [0.25, 0.3) is 0 Å². The number of amides is 1. The van der Waals surface area contributed by atoms with Crippen LogP contribution in [-0.4, -0.2) is 35.6 Å². The topological polar surface area (TPSA) is 78.4 Å². The van der Waals surface area contributed by atoms with Gasteiger partial charge in [-0.1, -0.05) is 6.92 Å². The van der Waals surface area contributed by atoms with Gasteiger partial charge in [0.2, 0.25) is 5.91 Å².